The number of imidazole rings is 1. The van der Waals surface area contributed by atoms with Gasteiger partial charge in [0.1, 0.15) is 17.3 Å². The molecule has 0 fully saturated rings. The molecule has 0 bridgehead atoms. The number of para-hydroxylation sites is 1. The van der Waals surface area contributed by atoms with Crippen LogP contribution in [0.15, 0.2) is 48.5 Å². The van der Waals surface area contributed by atoms with Crippen LogP contribution in [0, 0.1) is 0 Å². The van der Waals surface area contributed by atoms with Crippen LogP contribution in [0.4, 0.5) is 0 Å². The average Bonchev–Trinajstić information content (AvgIpc) is 2.98. The van der Waals surface area contributed by atoms with Gasteiger partial charge in [0.15, 0.2) is 0 Å². The molecule has 0 aliphatic carbocycles. The van der Waals surface area contributed by atoms with Gasteiger partial charge in [0.25, 0.3) is 0 Å². The van der Waals surface area contributed by atoms with Gasteiger partial charge in [-0.25, -0.2) is 4.98 Å². The minimum atomic E-state index is 0.473. The summed E-state index contributed by atoms with van der Waals surface area (Å²) in [6, 6.07) is 16.3. The Labute approximate surface area is 143 Å². The number of benzene rings is 2. The second kappa shape index (κ2) is 7.49. The number of ether oxygens (including phenoxy) is 1. The summed E-state index contributed by atoms with van der Waals surface area (Å²) in [7, 11) is 0. The van der Waals surface area contributed by atoms with E-state index in [0.29, 0.717) is 6.04 Å². The van der Waals surface area contributed by atoms with Gasteiger partial charge in [0.05, 0.1) is 11.0 Å². The summed E-state index contributed by atoms with van der Waals surface area (Å²) in [6.45, 7) is 8.78. The monoisotopic (exact) mass is 323 g/mol. The summed E-state index contributed by atoms with van der Waals surface area (Å²) in [5.74, 6) is 2.69. The first-order valence-electron chi connectivity index (χ1n) is 8.65. The molecule has 0 radical (unpaired) electrons. The molecular weight excluding hydrogens is 298 g/mol. The summed E-state index contributed by atoms with van der Waals surface area (Å²) in [5.41, 5.74) is 2.00. The number of aromatic nitrogens is 2. The molecule has 0 saturated heterocycles. The van der Waals surface area contributed by atoms with E-state index in [0.717, 1.165) is 47.9 Å². The minimum Gasteiger partial charge on any atom is -0.457 e. The zero-order valence-corrected chi connectivity index (χ0v) is 14.6. The van der Waals surface area contributed by atoms with E-state index in [9.17, 15) is 0 Å². The maximum atomic E-state index is 5.89. The van der Waals surface area contributed by atoms with Crippen molar-refractivity contribution in [3.8, 4) is 11.5 Å². The first kappa shape index (κ1) is 16.5. The molecule has 1 aromatic heterocycles. The smallest absolute Gasteiger partial charge is 0.129 e. The fourth-order valence-corrected chi connectivity index (χ4v) is 3.08. The van der Waals surface area contributed by atoms with Gasteiger partial charge in [0, 0.05) is 18.5 Å². The van der Waals surface area contributed by atoms with Crippen molar-refractivity contribution in [2.75, 3.05) is 13.1 Å². The van der Waals surface area contributed by atoms with E-state index in [1.54, 1.807) is 0 Å². The highest BCUT2D eigenvalue weighted by molar-refractivity contribution is 5.76. The third kappa shape index (κ3) is 3.77. The lowest BCUT2D eigenvalue weighted by Gasteiger charge is -2.25. The Morgan fingerprint density at radius 2 is 1.79 bits per heavy atom. The van der Waals surface area contributed by atoms with Crippen LogP contribution in [0.25, 0.3) is 11.0 Å². The highest BCUT2D eigenvalue weighted by Gasteiger charge is 2.13. The third-order valence-corrected chi connectivity index (χ3v) is 4.41. The Morgan fingerprint density at radius 1 is 1.04 bits per heavy atom. The van der Waals surface area contributed by atoms with Gasteiger partial charge >= 0.3 is 0 Å². The van der Waals surface area contributed by atoms with Gasteiger partial charge in [0.2, 0.25) is 0 Å². The molecule has 0 amide bonds. The summed E-state index contributed by atoms with van der Waals surface area (Å²) < 4.78 is 5.89. The lowest BCUT2D eigenvalue weighted by atomic mass is 10.2. The SMILES string of the molecule is CCN(CC)C(C)Cc1nc2ccc(Oc3ccccc3)cc2[nH]1. The molecule has 1 atom stereocenters. The molecule has 0 saturated carbocycles. The molecule has 1 unspecified atom stereocenters. The number of rotatable bonds is 7. The predicted molar refractivity (Wildman–Crippen MR) is 98.7 cm³/mol. The molecule has 0 aliphatic rings. The fourth-order valence-electron chi connectivity index (χ4n) is 3.08. The van der Waals surface area contributed by atoms with Crippen molar-refractivity contribution in [2.45, 2.75) is 33.2 Å². The van der Waals surface area contributed by atoms with Gasteiger partial charge in [-0.3, -0.25) is 0 Å². The number of hydrogen-bond donors (Lipinski definition) is 1. The molecule has 2 aromatic carbocycles. The summed E-state index contributed by atoms with van der Waals surface area (Å²) in [6.07, 6.45) is 0.922. The van der Waals surface area contributed by atoms with Crippen molar-refractivity contribution >= 4 is 11.0 Å². The third-order valence-electron chi connectivity index (χ3n) is 4.41. The van der Waals surface area contributed by atoms with E-state index in [2.05, 4.69) is 30.7 Å². The average molecular weight is 323 g/mol. The van der Waals surface area contributed by atoms with Crippen molar-refractivity contribution in [3.05, 3.63) is 54.4 Å². The van der Waals surface area contributed by atoms with E-state index >= 15 is 0 Å². The topological polar surface area (TPSA) is 41.2 Å². The molecule has 24 heavy (non-hydrogen) atoms. The van der Waals surface area contributed by atoms with Gasteiger partial charge in [-0.2, -0.15) is 0 Å². The van der Waals surface area contributed by atoms with Crippen LogP contribution in [-0.2, 0) is 6.42 Å². The van der Waals surface area contributed by atoms with E-state index in [4.69, 9.17) is 9.72 Å². The standard InChI is InChI=1S/C20H25N3O/c1-4-23(5-2)15(3)13-20-21-18-12-11-17(14-19(18)22-20)24-16-9-7-6-8-10-16/h6-12,14-15H,4-5,13H2,1-3H3,(H,21,22). The molecule has 1 N–H and O–H groups in total. The van der Waals surface area contributed by atoms with Gasteiger partial charge in [-0.15, -0.1) is 0 Å². The Hall–Kier alpha value is -2.33. The number of hydrogen-bond acceptors (Lipinski definition) is 3. The van der Waals surface area contributed by atoms with Crippen molar-refractivity contribution in [3.63, 3.8) is 0 Å². The first-order chi connectivity index (χ1) is 11.7. The Morgan fingerprint density at radius 3 is 2.50 bits per heavy atom. The Kier molecular flexibility index (Phi) is 5.16. The van der Waals surface area contributed by atoms with E-state index in [1.165, 1.54) is 0 Å². The van der Waals surface area contributed by atoms with Crippen molar-refractivity contribution in [2.24, 2.45) is 0 Å². The molecule has 3 aromatic rings. The largest absolute Gasteiger partial charge is 0.457 e. The number of fused-ring (bicyclic) bond motifs is 1. The zero-order chi connectivity index (χ0) is 16.9. The number of aromatic amines is 1. The number of nitrogens with one attached hydrogen (secondary N) is 1. The van der Waals surface area contributed by atoms with E-state index in [-0.39, 0.29) is 0 Å². The molecular formula is C20H25N3O. The Bertz CT molecular complexity index is 778. The Balaban J connectivity index is 1.76. The van der Waals surface area contributed by atoms with Crippen LogP contribution in [0.2, 0.25) is 0 Å². The second-order valence-corrected chi connectivity index (χ2v) is 6.05. The van der Waals surface area contributed by atoms with Gasteiger partial charge in [-0.1, -0.05) is 32.0 Å². The second-order valence-electron chi connectivity index (χ2n) is 6.05. The predicted octanol–water partition coefficient (Wildman–Crippen LogP) is 4.63. The van der Waals surface area contributed by atoms with Crippen LogP contribution in [0.3, 0.4) is 0 Å². The highest BCUT2D eigenvalue weighted by atomic mass is 16.5. The number of likely N-dealkylation sites (N-methyl/N-ethyl adjacent to an activating group) is 1. The number of H-pyrrole nitrogens is 1. The van der Waals surface area contributed by atoms with Crippen molar-refractivity contribution in [1.29, 1.82) is 0 Å². The maximum absolute atomic E-state index is 5.89. The van der Waals surface area contributed by atoms with Crippen molar-refractivity contribution < 1.29 is 4.74 Å². The normalized spacial score (nSPS) is 12.7. The molecule has 0 spiro atoms. The summed E-state index contributed by atoms with van der Waals surface area (Å²) in [4.78, 5) is 10.6. The summed E-state index contributed by atoms with van der Waals surface area (Å²) in [5, 5.41) is 0. The fraction of sp³-hybridized carbons (Fsp3) is 0.350. The lowest BCUT2D eigenvalue weighted by molar-refractivity contribution is 0.228. The van der Waals surface area contributed by atoms with Crippen LogP contribution in [0.1, 0.15) is 26.6 Å². The highest BCUT2D eigenvalue weighted by Crippen LogP contribution is 2.24. The van der Waals surface area contributed by atoms with Gasteiger partial charge < -0.3 is 14.6 Å². The maximum Gasteiger partial charge on any atom is 0.129 e. The molecule has 4 nitrogen and oxygen atoms in total. The molecule has 3 rings (SSSR count). The number of nitrogens with zero attached hydrogens (tertiary/aromatic N) is 2. The minimum absolute atomic E-state index is 0.473. The van der Waals surface area contributed by atoms with Crippen LogP contribution < -0.4 is 4.74 Å². The lowest BCUT2D eigenvalue weighted by Crippen LogP contribution is -2.34. The van der Waals surface area contributed by atoms with Crippen LogP contribution >= 0.6 is 0 Å². The molecule has 1 heterocycles. The molecule has 0 aliphatic heterocycles. The first-order valence-corrected chi connectivity index (χ1v) is 8.65. The van der Waals surface area contributed by atoms with E-state index < -0.39 is 0 Å². The van der Waals surface area contributed by atoms with Crippen molar-refractivity contribution in [1.82, 2.24) is 14.9 Å². The molecule has 126 valence electrons. The van der Waals surface area contributed by atoms with Crippen LogP contribution in [0.5, 0.6) is 11.5 Å². The van der Waals surface area contributed by atoms with E-state index in [1.807, 2.05) is 48.5 Å². The zero-order valence-electron chi connectivity index (χ0n) is 14.6. The summed E-state index contributed by atoms with van der Waals surface area (Å²) >= 11 is 0. The van der Waals surface area contributed by atoms with Crippen LogP contribution in [-0.4, -0.2) is 34.0 Å². The quantitative estimate of drug-likeness (QED) is 0.689. The van der Waals surface area contributed by atoms with Gasteiger partial charge in [-0.05, 0) is 44.3 Å². The molecule has 4 heteroatoms.